The lowest BCUT2D eigenvalue weighted by molar-refractivity contribution is 0.0789. The molecule has 2 rings (SSSR count). The van der Waals surface area contributed by atoms with Crippen molar-refractivity contribution in [3.05, 3.63) is 45.4 Å². The van der Waals surface area contributed by atoms with Gasteiger partial charge in [0.15, 0.2) is 0 Å². The molecule has 5 heteroatoms. The Morgan fingerprint density at radius 1 is 1.42 bits per heavy atom. The molecule has 0 bridgehead atoms. The number of anilines is 1. The van der Waals surface area contributed by atoms with Crippen LogP contribution in [0.15, 0.2) is 24.3 Å². The normalized spacial score (nSPS) is 10.5. The summed E-state index contributed by atoms with van der Waals surface area (Å²) in [5, 5.41) is 0.915. The third kappa shape index (κ3) is 3.12. The van der Waals surface area contributed by atoms with Crippen LogP contribution >= 0.6 is 11.3 Å². The molecule has 2 aromatic rings. The number of thiazole rings is 1. The summed E-state index contributed by atoms with van der Waals surface area (Å²) in [6.45, 7) is 4.32. The van der Waals surface area contributed by atoms with Gasteiger partial charge >= 0.3 is 0 Å². The zero-order chi connectivity index (χ0) is 14.0. The number of nitrogens with zero attached hydrogens (tertiary/aromatic N) is 2. The van der Waals surface area contributed by atoms with E-state index in [-0.39, 0.29) is 5.91 Å². The molecule has 0 aliphatic rings. The fourth-order valence-corrected chi connectivity index (χ4v) is 2.85. The lowest BCUT2D eigenvalue weighted by Crippen LogP contribution is -2.26. The zero-order valence-electron chi connectivity index (χ0n) is 11.3. The van der Waals surface area contributed by atoms with Gasteiger partial charge in [0.1, 0.15) is 4.88 Å². The molecule has 1 aromatic heterocycles. The van der Waals surface area contributed by atoms with Crippen LogP contribution in [0.25, 0.3) is 0 Å². The summed E-state index contributed by atoms with van der Waals surface area (Å²) in [6.07, 6.45) is 0. The summed E-state index contributed by atoms with van der Waals surface area (Å²) in [7, 11) is 1.79. The summed E-state index contributed by atoms with van der Waals surface area (Å²) >= 11 is 1.44. The SMILES string of the molecule is Cc1nc(C)c(C(=O)N(C)Cc2cccc(N)c2)s1. The summed E-state index contributed by atoms with van der Waals surface area (Å²) < 4.78 is 0. The highest BCUT2D eigenvalue weighted by molar-refractivity contribution is 7.13. The molecule has 0 radical (unpaired) electrons. The van der Waals surface area contributed by atoms with Crippen molar-refractivity contribution in [3.63, 3.8) is 0 Å². The molecule has 1 heterocycles. The number of carbonyl (C=O) groups is 1. The molecule has 2 N–H and O–H groups in total. The van der Waals surface area contributed by atoms with Gasteiger partial charge in [-0.1, -0.05) is 12.1 Å². The monoisotopic (exact) mass is 275 g/mol. The molecule has 0 spiro atoms. The molecule has 0 saturated carbocycles. The maximum absolute atomic E-state index is 12.3. The molecule has 0 saturated heterocycles. The van der Waals surface area contributed by atoms with Crippen LogP contribution in [0.5, 0.6) is 0 Å². The molecule has 0 fully saturated rings. The summed E-state index contributed by atoms with van der Waals surface area (Å²) in [5.41, 5.74) is 8.27. The van der Waals surface area contributed by atoms with Gasteiger partial charge < -0.3 is 10.6 Å². The predicted octanol–water partition coefficient (Wildman–Crippen LogP) is 2.61. The maximum atomic E-state index is 12.3. The number of nitrogen functional groups attached to an aromatic ring is 1. The van der Waals surface area contributed by atoms with Gasteiger partial charge in [0.05, 0.1) is 10.7 Å². The van der Waals surface area contributed by atoms with Gasteiger partial charge in [0.2, 0.25) is 0 Å². The van der Waals surface area contributed by atoms with Gasteiger partial charge in [-0.25, -0.2) is 4.98 Å². The van der Waals surface area contributed by atoms with Gasteiger partial charge in [-0.15, -0.1) is 11.3 Å². The molecule has 0 unspecified atom stereocenters. The Morgan fingerprint density at radius 3 is 2.74 bits per heavy atom. The number of hydrogen-bond acceptors (Lipinski definition) is 4. The van der Waals surface area contributed by atoms with E-state index in [2.05, 4.69) is 4.98 Å². The zero-order valence-corrected chi connectivity index (χ0v) is 12.1. The number of benzene rings is 1. The Morgan fingerprint density at radius 2 is 2.16 bits per heavy atom. The number of carbonyl (C=O) groups excluding carboxylic acids is 1. The second kappa shape index (κ2) is 5.40. The lowest BCUT2D eigenvalue weighted by atomic mass is 10.2. The van der Waals surface area contributed by atoms with Gasteiger partial charge in [-0.05, 0) is 31.5 Å². The van der Waals surface area contributed by atoms with Crippen molar-refractivity contribution in [2.45, 2.75) is 20.4 Å². The van der Waals surface area contributed by atoms with Crippen LogP contribution in [0.4, 0.5) is 5.69 Å². The van der Waals surface area contributed by atoms with Gasteiger partial charge in [0.25, 0.3) is 5.91 Å². The van der Waals surface area contributed by atoms with Crippen molar-refractivity contribution in [2.75, 3.05) is 12.8 Å². The van der Waals surface area contributed by atoms with Gasteiger partial charge in [0, 0.05) is 19.3 Å². The van der Waals surface area contributed by atoms with E-state index in [1.807, 2.05) is 38.1 Å². The first-order valence-corrected chi connectivity index (χ1v) is 6.83. The minimum Gasteiger partial charge on any atom is -0.399 e. The van der Waals surface area contributed by atoms with Crippen molar-refractivity contribution < 1.29 is 4.79 Å². The number of amides is 1. The van der Waals surface area contributed by atoms with E-state index in [0.717, 1.165) is 16.3 Å². The van der Waals surface area contributed by atoms with E-state index in [0.29, 0.717) is 17.1 Å². The van der Waals surface area contributed by atoms with E-state index in [1.165, 1.54) is 11.3 Å². The highest BCUT2D eigenvalue weighted by atomic mass is 32.1. The Balaban J connectivity index is 2.14. The van der Waals surface area contributed by atoms with Crippen LogP contribution in [0.1, 0.15) is 25.9 Å². The van der Waals surface area contributed by atoms with E-state index >= 15 is 0 Å². The molecule has 0 aliphatic carbocycles. The van der Waals surface area contributed by atoms with Crippen molar-refractivity contribution in [1.82, 2.24) is 9.88 Å². The second-order valence-corrected chi connectivity index (χ2v) is 5.76. The van der Waals surface area contributed by atoms with Gasteiger partial charge in [-0.3, -0.25) is 4.79 Å². The first-order valence-electron chi connectivity index (χ1n) is 6.01. The molecule has 1 aromatic carbocycles. The van der Waals surface area contributed by atoms with E-state index in [4.69, 9.17) is 5.73 Å². The Hall–Kier alpha value is -1.88. The number of aromatic nitrogens is 1. The van der Waals surface area contributed by atoms with E-state index in [9.17, 15) is 4.79 Å². The molecule has 4 nitrogen and oxygen atoms in total. The standard InChI is InChI=1S/C14H17N3OS/c1-9-13(19-10(2)16-9)14(18)17(3)8-11-5-4-6-12(15)7-11/h4-7H,8,15H2,1-3H3. The van der Waals surface area contributed by atoms with E-state index in [1.54, 1.807) is 11.9 Å². The largest absolute Gasteiger partial charge is 0.399 e. The summed E-state index contributed by atoms with van der Waals surface area (Å²) in [5.74, 6) is 0.00512. The first kappa shape index (κ1) is 13.5. The third-order valence-electron chi connectivity index (χ3n) is 2.82. The Kier molecular flexibility index (Phi) is 3.85. The highest BCUT2D eigenvalue weighted by Gasteiger charge is 2.18. The van der Waals surface area contributed by atoms with Crippen LogP contribution in [0.3, 0.4) is 0 Å². The maximum Gasteiger partial charge on any atom is 0.265 e. The number of hydrogen-bond donors (Lipinski definition) is 1. The van der Waals surface area contributed by atoms with Crippen molar-refractivity contribution >= 4 is 22.9 Å². The van der Waals surface area contributed by atoms with Crippen LogP contribution in [0, 0.1) is 13.8 Å². The topological polar surface area (TPSA) is 59.2 Å². The fourth-order valence-electron chi connectivity index (χ4n) is 1.94. The van der Waals surface area contributed by atoms with Crippen LogP contribution < -0.4 is 5.73 Å². The predicted molar refractivity (Wildman–Crippen MR) is 78.2 cm³/mol. The van der Waals surface area contributed by atoms with Crippen molar-refractivity contribution in [3.8, 4) is 0 Å². The molecule has 100 valence electrons. The van der Waals surface area contributed by atoms with Crippen molar-refractivity contribution in [1.29, 1.82) is 0 Å². The second-order valence-electron chi connectivity index (χ2n) is 4.55. The number of rotatable bonds is 3. The number of aryl methyl sites for hydroxylation is 2. The minimum absolute atomic E-state index is 0.00512. The average Bonchev–Trinajstić information content (AvgIpc) is 2.67. The minimum atomic E-state index is 0.00512. The Labute approximate surface area is 116 Å². The summed E-state index contributed by atoms with van der Waals surface area (Å²) in [6, 6.07) is 7.58. The molecule has 1 amide bonds. The highest BCUT2D eigenvalue weighted by Crippen LogP contribution is 2.20. The smallest absolute Gasteiger partial charge is 0.265 e. The molecule has 0 aliphatic heterocycles. The quantitative estimate of drug-likeness (QED) is 0.876. The fraction of sp³-hybridized carbons (Fsp3) is 0.286. The first-order chi connectivity index (χ1) is 8.97. The molecule has 0 atom stereocenters. The van der Waals surface area contributed by atoms with E-state index < -0.39 is 0 Å². The average molecular weight is 275 g/mol. The molecular weight excluding hydrogens is 258 g/mol. The van der Waals surface area contributed by atoms with Crippen molar-refractivity contribution in [2.24, 2.45) is 0 Å². The third-order valence-corrected chi connectivity index (χ3v) is 3.88. The molecule has 19 heavy (non-hydrogen) atoms. The Bertz CT molecular complexity index is 606. The van der Waals surface area contributed by atoms with Crippen LogP contribution in [0.2, 0.25) is 0 Å². The lowest BCUT2D eigenvalue weighted by Gasteiger charge is -2.16. The van der Waals surface area contributed by atoms with Crippen LogP contribution in [-0.4, -0.2) is 22.8 Å². The number of nitrogens with two attached hydrogens (primary N) is 1. The molecular formula is C14H17N3OS. The van der Waals surface area contributed by atoms with Crippen LogP contribution in [-0.2, 0) is 6.54 Å². The summed E-state index contributed by atoms with van der Waals surface area (Å²) in [4.78, 5) is 19.0. The van der Waals surface area contributed by atoms with Gasteiger partial charge in [-0.2, -0.15) is 0 Å².